The molecule has 0 aliphatic carbocycles. The number of thiazole rings is 1. The Kier molecular flexibility index (Phi) is 4.75. The Morgan fingerprint density at radius 2 is 1.89 bits per heavy atom. The number of anilines is 1. The third kappa shape index (κ3) is 3.44. The van der Waals surface area contributed by atoms with Crippen molar-refractivity contribution in [3.63, 3.8) is 0 Å². The molecular weight excluding hydrogens is 375 g/mol. The molecule has 2 heterocycles. The van der Waals surface area contributed by atoms with Crippen LogP contribution in [0.25, 0.3) is 22.0 Å². The summed E-state index contributed by atoms with van der Waals surface area (Å²) in [6.07, 6.45) is 1.62. The zero-order valence-electron chi connectivity index (χ0n) is 15.3. The molecule has 1 N–H and O–H groups in total. The molecule has 0 spiro atoms. The topological polar surface area (TPSA) is 59.8 Å². The van der Waals surface area contributed by atoms with E-state index in [0.717, 1.165) is 11.3 Å². The molecule has 0 aliphatic rings. The van der Waals surface area contributed by atoms with Gasteiger partial charge in [0.05, 0.1) is 17.6 Å². The minimum Gasteiger partial charge on any atom is -0.312 e. The second-order valence-corrected chi connectivity index (χ2v) is 7.35. The van der Waals surface area contributed by atoms with Gasteiger partial charge in [0, 0.05) is 18.2 Å². The average molecular weight is 392 g/mol. The normalized spacial score (nSPS) is 10.8. The highest BCUT2D eigenvalue weighted by Gasteiger charge is 2.16. The highest BCUT2D eigenvalue weighted by atomic mass is 32.1. The fraction of sp³-hybridized carbons (Fsp3) is 0.0952. The standard InChI is InChI=1S/C21H17FN4OS/c1-13-7-3-4-8-14(13)20(27)24-19-12-23-21(28-19)18-11-17(25-26(18)2)15-9-5-6-10-16(15)22/h3-12H,1-2H3,(H,24,27). The van der Waals surface area contributed by atoms with Crippen LogP contribution in [0.5, 0.6) is 0 Å². The Bertz CT molecular complexity index is 1160. The first kappa shape index (κ1) is 18.1. The minimum atomic E-state index is -0.322. The molecule has 0 bridgehead atoms. The summed E-state index contributed by atoms with van der Waals surface area (Å²) in [5, 5.41) is 8.62. The van der Waals surface area contributed by atoms with Crippen LogP contribution in [0.3, 0.4) is 0 Å². The molecule has 0 radical (unpaired) electrons. The third-order valence-electron chi connectivity index (χ3n) is 4.38. The van der Waals surface area contributed by atoms with Crippen LogP contribution >= 0.6 is 11.3 Å². The maximum absolute atomic E-state index is 14.1. The zero-order chi connectivity index (χ0) is 19.7. The smallest absolute Gasteiger partial charge is 0.256 e. The summed E-state index contributed by atoms with van der Waals surface area (Å²) in [6.45, 7) is 1.90. The van der Waals surface area contributed by atoms with Crippen molar-refractivity contribution in [3.05, 3.63) is 77.7 Å². The SMILES string of the molecule is Cc1ccccc1C(=O)Nc1cnc(-c2cc(-c3ccccc3F)nn2C)s1. The highest BCUT2D eigenvalue weighted by molar-refractivity contribution is 7.19. The molecule has 0 atom stereocenters. The predicted octanol–water partition coefficient (Wildman–Crippen LogP) is 4.91. The average Bonchev–Trinajstić information content (AvgIpc) is 3.28. The van der Waals surface area contributed by atoms with Gasteiger partial charge in [-0.15, -0.1) is 0 Å². The number of hydrogen-bond donors (Lipinski definition) is 1. The van der Waals surface area contributed by atoms with Crippen LogP contribution in [-0.4, -0.2) is 20.7 Å². The molecule has 2 aromatic carbocycles. The molecule has 7 heteroatoms. The molecule has 28 heavy (non-hydrogen) atoms. The fourth-order valence-corrected chi connectivity index (χ4v) is 3.78. The Morgan fingerprint density at radius 3 is 2.68 bits per heavy atom. The summed E-state index contributed by atoms with van der Waals surface area (Å²) in [7, 11) is 1.78. The van der Waals surface area contributed by atoms with Crippen LogP contribution in [-0.2, 0) is 7.05 Å². The van der Waals surface area contributed by atoms with E-state index in [4.69, 9.17) is 0 Å². The number of carbonyl (C=O) groups excluding carboxylic acids is 1. The van der Waals surface area contributed by atoms with E-state index < -0.39 is 0 Å². The number of aryl methyl sites for hydroxylation is 2. The number of rotatable bonds is 4. The maximum Gasteiger partial charge on any atom is 0.256 e. The summed E-state index contributed by atoms with van der Waals surface area (Å²) in [6, 6.07) is 15.7. The van der Waals surface area contributed by atoms with Crippen molar-refractivity contribution in [2.75, 3.05) is 5.32 Å². The molecule has 4 aromatic rings. The van der Waals surface area contributed by atoms with Crippen LogP contribution in [0.2, 0.25) is 0 Å². The Balaban J connectivity index is 1.59. The molecule has 0 fully saturated rings. The van der Waals surface area contributed by atoms with Crippen molar-refractivity contribution in [2.24, 2.45) is 7.05 Å². The van der Waals surface area contributed by atoms with E-state index in [1.165, 1.54) is 17.4 Å². The largest absolute Gasteiger partial charge is 0.312 e. The van der Waals surface area contributed by atoms with E-state index >= 15 is 0 Å². The Hall–Kier alpha value is -3.32. The Morgan fingerprint density at radius 1 is 1.14 bits per heavy atom. The van der Waals surface area contributed by atoms with Gasteiger partial charge in [0.25, 0.3) is 5.91 Å². The lowest BCUT2D eigenvalue weighted by Crippen LogP contribution is -2.12. The first-order valence-electron chi connectivity index (χ1n) is 8.65. The van der Waals surface area contributed by atoms with Gasteiger partial charge < -0.3 is 5.32 Å². The van der Waals surface area contributed by atoms with Crippen LogP contribution in [0.1, 0.15) is 15.9 Å². The van der Waals surface area contributed by atoms with Crippen molar-refractivity contribution in [1.82, 2.24) is 14.8 Å². The van der Waals surface area contributed by atoms with Gasteiger partial charge in [-0.3, -0.25) is 9.48 Å². The molecule has 0 aliphatic heterocycles. The fourth-order valence-electron chi connectivity index (χ4n) is 2.93. The van der Waals surface area contributed by atoms with E-state index in [9.17, 15) is 9.18 Å². The number of carbonyl (C=O) groups is 1. The lowest BCUT2D eigenvalue weighted by molar-refractivity contribution is 0.102. The predicted molar refractivity (Wildman–Crippen MR) is 109 cm³/mol. The van der Waals surface area contributed by atoms with Crippen LogP contribution in [0.15, 0.2) is 60.8 Å². The summed E-state index contributed by atoms with van der Waals surface area (Å²) in [4.78, 5) is 16.9. The van der Waals surface area contributed by atoms with Gasteiger partial charge in [-0.1, -0.05) is 41.7 Å². The minimum absolute atomic E-state index is 0.176. The molecule has 0 unspecified atom stereocenters. The van der Waals surface area contributed by atoms with E-state index in [0.29, 0.717) is 26.8 Å². The van der Waals surface area contributed by atoms with Crippen molar-refractivity contribution >= 4 is 22.2 Å². The van der Waals surface area contributed by atoms with Gasteiger partial charge in [0.1, 0.15) is 15.8 Å². The number of benzene rings is 2. The summed E-state index contributed by atoms with van der Waals surface area (Å²) >= 11 is 1.34. The molecule has 2 aromatic heterocycles. The zero-order valence-corrected chi connectivity index (χ0v) is 16.1. The highest BCUT2D eigenvalue weighted by Crippen LogP contribution is 2.32. The molecular formula is C21H17FN4OS. The summed E-state index contributed by atoms with van der Waals surface area (Å²) in [5.41, 5.74) is 3.26. The molecule has 1 amide bonds. The maximum atomic E-state index is 14.1. The quantitative estimate of drug-likeness (QED) is 0.537. The van der Waals surface area contributed by atoms with E-state index in [1.54, 1.807) is 48.3 Å². The lowest BCUT2D eigenvalue weighted by atomic mass is 10.1. The van der Waals surface area contributed by atoms with Gasteiger partial charge >= 0.3 is 0 Å². The van der Waals surface area contributed by atoms with Crippen LogP contribution in [0, 0.1) is 12.7 Å². The summed E-state index contributed by atoms with van der Waals surface area (Å²) in [5.74, 6) is -0.497. The summed E-state index contributed by atoms with van der Waals surface area (Å²) < 4.78 is 15.7. The van der Waals surface area contributed by atoms with E-state index in [2.05, 4.69) is 15.4 Å². The van der Waals surface area contributed by atoms with Crippen molar-refractivity contribution in [2.45, 2.75) is 6.92 Å². The lowest BCUT2D eigenvalue weighted by Gasteiger charge is -2.04. The van der Waals surface area contributed by atoms with Gasteiger partial charge in [0.15, 0.2) is 0 Å². The van der Waals surface area contributed by atoms with Crippen LogP contribution in [0.4, 0.5) is 9.39 Å². The van der Waals surface area contributed by atoms with E-state index in [-0.39, 0.29) is 11.7 Å². The third-order valence-corrected chi connectivity index (χ3v) is 5.32. The number of hydrogen-bond acceptors (Lipinski definition) is 4. The first-order valence-corrected chi connectivity index (χ1v) is 9.46. The van der Waals surface area contributed by atoms with Gasteiger partial charge in [-0.2, -0.15) is 5.10 Å². The molecule has 0 saturated heterocycles. The molecule has 140 valence electrons. The van der Waals surface area contributed by atoms with Gasteiger partial charge in [0.2, 0.25) is 0 Å². The number of halogens is 1. The second kappa shape index (κ2) is 7.36. The molecule has 5 nitrogen and oxygen atoms in total. The monoisotopic (exact) mass is 392 g/mol. The van der Waals surface area contributed by atoms with Crippen LogP contribution < -0.4 is 5.32 Å². The number of nitrogens with one attached hydrogen (secondary N) is 1. The molecule has 0 saturated carbocycles. The van der Waals surface area contributed by atoms with Crippen molar-refractivity contribution in [3.8, 4) is 22.0 Å². The number of aromatic nitrogens is 3. The van der Waals surface area contributed by atoms with Crippen molar-refractivity contribution < 1.29 is 9.18 Å². The number of amides is 1. The second-order valence-electron chi connectivity index (χ2n) is 6.32. The van der Waals surface area contributed by atoms with Crippen molar-refractivity contribution in [1.29, 1.82) is 0 Å². The first-order chi connectivity index (χ1) is 13.5. The molecule has 4 rings (SSSR count). The number of nitrogens with zero attached hydrogens (tertiary/aromatic N) is 3. The van der Waals surface area contributed by atoms with Gasteiger partial charge in [-0.05, 0) is 36.8 Å². The van der Waals surface area contributed by atoms with E-state index in [1.807, 2.05) is 25.1 Å². The van der Waals surface area contributed by atoms with Gasteiger partial charge in [-0.25, -0.2) is 9.37 Å². The Labute approximate surface area is 165 Å².